The maximum absolute atomic E-state index is 11.5. The number of benzene rings is 1. The van der Waals surface area contributed by atoms with Crippen molar-refractivity contribution in [3.63, 3.8) is 0 Å². The standard InChI is InChI=1S/C14H15N3O5S/c1-7-12(18)16-14(23-7)17-15-6-8-4-5-9(21-2)11(22-3)10(8)13(19)20/h4-7H,1-3H3,(H,19,20)(H,16,17,18)/b15-6-. The van der Waals surface area contributed by atoms with Gasteiger partial charge >= 0.3 is 5.97 Å². The minimum Gasteiger partial charge on any atom is -0.493 e. The number of carboxylic acids is 1. The van der Waals surface area contributed by atoms with Crippen molar-refractivity contribution < 1.29 is 24.2 Å². The van der Waals surface area contributed by atoms with Gasteiger partial charge in [0.15, 0.2) is 16.7 Å². The first-order valence-corrected chi connectivity index (χ1v) is 7.42. The van der Waals surface area contributed by atoms with Crippen LogP contribution >= 0.6 is 11.8 Å². The molecule has 8 nitrogen and oxygen atoms in total. The zero-order valence-corrected chi connectivity index (χ0v) is 13.5. The molecule has 1 amide bonds. The highest BCUT2D eigenvalue weighted by molar-refractivity contribution is 8.15. The van der Waals surface area contributed by atoms with Gasteiger partial charge in [0.1, 0.15) is 5.56 Å². The van der Waals surface area contributed by atoms with Crippen molar-refractivity contribution in [3.8, 4) is 11.5 Å². The van der Waals surface area contributed by atoms with Crippen LogP contribution in [-0.4, -0.2) is 47.8 Å². The smallest absolute Gasteiger partial charge is 0.340 e. The second-order valence-electron chi connectivity index (χ2n) is 4.47. The van der Waals surface area contributed by atoms with Crippen LogP contribution in [0, 0.1) is 0 Å². The summed E-state index contributed by atoms with van der Waals surface area (Å²) < 4.78 is 10.2. The summed E-state index contributed by atoms with van der Waals surface area (Å²) in [6.07, 6.45) is 1.29. The molecule has 1 aromatic rings. The van der Waals surface area contributed by atoms with Gasteiger partial charge in [0, 0.05) is 5.56 Å². The number of amidine groups is 1. The molecule has 9 heteroatoms. The van der Waals surface area contributed by atoms with Crippen molar-refractivity contribution in [3.05, 3.63) is 23.3 Å². The first kappa shape index (κ1) is 16.8. The number of aromatic carboxylic acids is 1. The van der Waals surface area contributed by atoms with Gasteiger partial charge in [-0.1, -0.05) is 11.8 Å². The quantitative estimate of drug-likeness (QED) is 0.620. The molecule has 0 aromatic heterocycles. The minimum atomic E-state index is -1.17. The second-order valence-corrected chi connectivity index (χ2v) is 5.80. The highest BCUT2D eigenvalue weighted by atomic mass is 32.2. The molecular weight excluding hydrogens is 322 g/mol. The van der Waals surface area contributed by atoms with E-state index in [1.165, 1.54) is 38.3 Å². The number of carbonyl (C=O) groups is 2. The second kappa shape index (κ2) is 7.14. The lowest BCUT2D eigenvalue weighted by Crippen LogP contribution is -2.23. The molecular formula is C14H15N3O5S. The Kier molecular flexibility index (Phi) is 5.22. The Hall–Kier alpha value is -2.55. The van der Waals surface area contributed by atoms with Gasteiger partial charge in [-0.2, -0.15) is 5.10 Å². The van der Waals surface area contributed by atoms with Gasteiger partial charge in [-0.25, -0.2) is 4.79 Å². The van der Waals surface area contributed by atoms with Crippen LogP contribution in [0.1, 0.15) is 22.8 Å². The lowest BCUT2D eigenvalue weighted by molar-refractivity contribution is -0.118. The Balaban J connectivity index is 2.33. The van der Waals surface area contributed by atoms with Crippen molar-refractivity contribution in [2.24, 2.45) is 10.2 Å². The van der Waals surface area contributed by atoms with Gasteiger partial charge in [0.25, 0.3) is 0 Å². The first-order chi connectivity index (χ1) is 11.0. The van der Waals surface area contributed by atoms with E-state index in [0.717, 1.165) is 0 Å². The Labute approximate surface area is 136 Å². The summed E-state index contributed by atoms with van der Waals surface area (Å²) in [5.41, 5.74) is 0.231. The third-order valence-corrected chi connectivity index (χ3v) is 4.00. The number of carboxylic acid groups (broad SMARTS) is 1. The lowest BCUT2D eigenvalue weighted by atomic mass is 10.1. The molecule has 23 heavy (non-hydrogen) atoms. The van der Waals surface area contributed by atoms with Gasteiger partial charge in [0.05, 0.1) is 25.7 Å². The molecule has 1 unspecified atom stereocenters. The molecule has 0 saturated carbocycles. The van der Waals surface area contributed by atoms with E-state index >= 15 is 0 Å². The molecule has 1 saturated heterocycles. The molecule has 0 bridgehead atoms. The highest BCUT2D eigenvalue weighted by Crippen LogP contribution is 2.33. The van der Waals surface area contributed by atoms with E-state index in [9.17, 15) is 14.7 Å². The van der Waals surface area contributed by atoms with Crippen molar-refractivity contribution in [1.29, 1.82) is 0 Å². The molecule has 1 fully saturated rings. The van der Waals surface area contributed by atoms with Crippen molar-refractivity contribution >= 4 is 35.0 Å². The third kappa shape index (κ3) is 3.62. The number of ether oxygens (including phenoxy) is 2. The monoisotopic (exact) mass is 337 g/mol. The predicted molar refractivity (Wildman–Crippen MR) is 86.7 cm³/mol. The average Bonchev–Trinajstić information content (AvgIpc) is 2.84. The van der Waals surface area contributed by atoms with E-state index < -0.39 is 5.97 Å². The largest absolute Gasteiger partial charge is 0.493 e. The molecule has 1 aromatic carbocycles. The van der Waals surface area contributed by atoms with E-state index in [1.807, 2.05) is 0 Å². The van der Waals surface area contributed by atoms with Crippen LogP contribution in [0.3, 0.4) is 0 Å². The number of hydrogen-bond acceptors (Lipinski definition) is 7. The van der Waals surface area contributed by atoms with Crippen LogP contribution in [0.25, 0.3) is 0 Å². The Morgan fingerprint density at radius 3 is 2.65 bits per heavy atom. The van der Waals surface area contributed by atoms with Gasteiger partial charge in [-0.05, 0) is 19.1 Å². The number of nitrogens with one attached hydrogen (secondary N) is 1. The summed E-state index contributed by atoms with van der Waals surface area (Å²) in [6.45, 7) is 1.75. The van der Waals surface area contributed by atoms with E-state index in [1.54, 1.807) is 13.0 Å². The fourth-order valence-corrected chi connectivity index (χ4v) is 2.67. The fraction of sp³-hybridized carbons (Fsp3) is 0.286. The van der Waals surface area contributed by atoms with E-state index in [2.05, 4.69) is 15.5 Å². The SMILES string of the molecule is COc1ccc(/C=N\N=C2/NC(=O)C(C)S2)c(C(=O)O)c1OC. The maximum Gasteiger partial charge on any atom is 0.340 e. The molecule has 2 N–H and O–H groups in total. The Bertz CT molecular complexity index is 702. The summed E-state index contributed by atoms with van der Waals surface area (Å²) in [5.74, 6) is -0.900. The molecule has 1 atom stereocenters. The number of methoxy groups -OCH3 is 2. The van der Waals surface area contributed by atoms with Crippen molar-refractivity contribution in [2.45, 2.75) is 12.2 Å². The third-order valence-electron chi connectivity index (χ3n) is 3.02. The highest BCUT2D eigenvalue weighted by Gasteiger charge is 2.25. The lowest BCUT2D eigenvalue weighted by Gasteiger charge is -2.11. The molecule has 0 spiro atoms. The van der Waals surface area contributed by atoms with Gasteiger partial charge in [-0.3, -0.25) is 4.79 Å². The summed E-state index contributed by atoms with van der Waals surface area (Å²) in [6, 6.07) is 3.12. The zero-order valence-electron chi connectivity index (χ0n) is 12.7. The minimum absolute atomic E-state index is 0.0766. The van der Waals surface area contributed by atoms with Crippen LogP contribution in [0.5, 0.6) is 11.5 Å². The van der Waals surface area contributed by atoms with E-state index in [0.29, 0.717) is 16.5 Å². The van der Waals surface area contributed by atoms with Crippen LogP contribution in [-0.2, 0) is 4.79 Å². The molecule has 0 radical (unpaired) electrons. The predicted octanol–water partition coefficient (Wildman–Crippen LogP) is 1.34. The van der Waals surface area contributed by atoms with Gasteiger partial charge in [-0.15, -0.1) is 5.10 Å². The molecule has 1 aliphatic heterocycles. The molecule has 1 heterocycles. The number of hydrogen-bond donors (Lipinski definition) is 2. The van der Waals surface area contributed by atoms with E-state index in [4.69, 9.17) is 9.47 Å². The van der Waals surface area contributed by atoms with Gasteiger partial charge < -0.3 is 19.9 Å². The average molecular weight is 337 g/mol. The Morgan fingerprint density at radius 2 is 2.13 bits per heavy atom. The fourth-order valence-electron chi connectivity index (χ4n) is 1.92. The van der Waals surface area contributed by atoms with Crippen LogP contribution < -0.4 is 14.8 Å². The van der Waals surface area contributed by atoms with E-state index in [-0.39, 0.29) is 22.5 Å². The summed E-state index contributed by atoms with van der Waals surface area (Å²) in [4.78, 5) is 22.8. The van der Waals surface area contributed by atoms with Crippen LogP contribution in [0.15, 0.2) is 22.3 Å². The van der Waals surface area contributed by atoms with Crippen LogP contribution in [0.2, 0.25) is 0 Å². The van der Waals surface area contributed by atoms with Crippen molar-refractivity contribution in [1.82, 2.24) is 5.32 Å². The zero-order chi connectivity index (χ0) is 17.0. The first-order valence-electron chi connectivity index (χ1n) is 6.54. The summed E-state index contributed by atoms with van der Waals surface area (Å²) >= 11 is 1.25. The van der Waals surface area contributed by atoms with Gasteiger partial charge in [0.2, 0.25) is 5.91 Å². The van der Waals surface area contributed by atoms with Crippen LogP contribution in [0.4, 0.5) is 0 Å². The Morgan fingerprint density at radius 1 is 1.39 bits per heavy atom. The number of amides is 1. The number of thioether (sulfide) groups is 1. The topological polar surface area (TPSA) is 110 Å². The molecule has 2 rings (SSSR count). The molecule has 122 valence electrons. The summed E-state index contributed by atoms with van der Waals surface area (Å²) in [7, 11) is 2.78. The number of rotatable bonds is 5. The number of carbonyl (C=O) groups excluding carboxylic acids is 1. The normalized spacial score (nSPS) is 19.2. The summed E-state index contributed by atoms with van der Waals surface area (Å²) in [5, 5.41) is 19.8. The van der Waals surface area contributed by atoms with Crippen molar-refractivity contribution in [2.75, 3.05) is 14.2 Å². The molecule has 0 aliphatic carbocycles. The maximum atomic E-state index is 11.5. The number of nitrogens with zero attached hydrogens (tertiary/aromatic N) is 2. The molecule has 1 aliphatic rings.